The van der Waals surface area contributed by atoms with Gasteiger partial charge < -0.3 is 10.2 Å². The highest BCUT2D eigenvalue weighted by Crippen LogP contribution is 2.60. The predicted octanol–water partition coefficient (Wildman–Crippen LogP) is 5.51. The molecule has 2 saturated carbocycles. The SMILES string of the molecule is O=C(CCC1C[C@]2(CCCl)CCC[C@](c3ccccc3)(C1)C2)N[C@@H]1CN2CCC1CC2. The predicted molar refractivity (Wildman–Crippen MR) is 127 cm³/mol. The van der Waals surface area contributed by atoms with Gasteiger partial charge in [-0.05, 0) is 99.1 Å². The molecule has 6 rings (SSSR count). The van der Waals surface area contributed by atoms with Gasteiger partial charge in [-0.3, -0.25) is 4.79 Å². The third-order valence-corrected chi connectivity index (χ3v) is 9.46. The van der Waals surface area contributed by atoms with Gasteiger partial charge in [0.1, 0.15) is 0 Å². The van der Waals surface area contributed by atoms with Gasteiger partial charge in [-0.2, -0.15) is 0 Å². The highest BCUT2D eigenvalue weighted by atomic mass is 35.5. The van der Waals surface area contributed by atoms with Gasteiger partial charge in [0, 0.05) is 24.9 Å². The molecule has 4 heteroatoms. The van der Waals surface area contributed by atoms with Crippen LogP contribution in [0.5, 0.6) is 0 Å². The molecule has 1 N–H and O–H groups in total. The molecule has 170 valence electrons. The largest absolute Gasteiger partial charge is 0.352 e. The Morgan fingerprint density at radius 1 is 1.13 bits per heavy atom. The van der Waals surface area contributed by atoms with Crippen LogP contribution < -0.4 is 5.32 Å². The Morgan fingerprint density at radius 2 is 1.94 bits per heavy atom. The fourth-order valence-corrected chi connectivity index (χ4v) is 8.30. The number of hydrogen-bond acceptors (Lipinski definition) is 2. The minimum Gasteiger partial charge on any atom is -0.352 e. The number of carbonyl (C=O) groups is 1. The van der Waals surface area contributed by atoms with E-state index in [2.05, 4.69) is 40.5 Å². The standard InChI is InChI=1S/C27H39ClN2O/c28-14-13-26-11-4-12-27(20-26,23-5-2-1-3-6-23)18-21(17-26)7-8-25(31)29-24-19-30-15-9-22(24)10-16-30/h1-3,5-6,21-22,24H,4,7-20H2,(H,29,31)/t21?,24-,26-,27+/m1/s1. The van der Waals surface area contributed by atoms with Gasteiger partial charge >= 0.3 is 0 Å². The van der Waals surface area contributed by atoms with Crippen molar-refractivity contribution in [3.63, 3.8) is 0 Å². The maximum atomic E-state index is 12.9. The summed E-state index contributed by atoms with van der Waals surface area (Å²) in [6, 6.07) is 11.6. The molecule has 2 aliphatic carbocycles. The summed E-state index contributed by atoms with van der Waals surface area (Å²) in [4.78, 5) is 15.4. The second-order valence-electron chi connectivity index (χ2n) is 11.2. The first-order valence-corrected chi connectivity index (χ1v) is 13.3. The molecule has 31 heavy (non-hydrogen) atoms. The summed E-state index contributed by atoms with van der Waals surface area (Å²) in [7, 11) is 0. The Labute approximate surface area is 193 Å². The lowest BCUT2D eigenvalue weighted by Crippen LogP contribution is -2.57. The van der Waals surface area contributed by atoms with Gasteiger partial charge in [0.05, 0.1) is 0 Å². The minimum atomic E-state index is 0.287. The molecule has 0 spiro atoms. The number of rotatable bonds is 7. The third-order valence-electron chi connectivity index (χ3n) is 9.27. The maximum Gasteiger partial charge on any atom is 0.220 e. The molecule has 4 bridgehead atoms. The lowest BCUT2D eigenvalue weighted by Gasteiger charge is -2.55. The third kappa shape index (κ3) is 4.55. The Balaban J connectivity index is 1.25. The van der Waals surface area contributed by atoms with Gasteiger partial charge in [0.15, 0.2) is 0 Å². The van der Waals surface area contributed by atoms with Gasteiger partial charge in [-0.15, -0.1) is 11.6 Å². The minimum absolute atomic E-state index is 0.287. The summed E-state index contributed by atoms with van der Waals surface area (Å²) in [6.07, 6.45) is 13.1. The second-order valence-corrected chi connectivity index (χ2v) is 11.6. The molecule has 3 aliphatic heterocycles. The summed E-state index contributed by atoms with van der Waals surface area (Å²) >= 11 is 6.31. The van der Waals surface area contributed by atoms with Gasteiger partial charge in [0.2, 0.25) is 5.91 Å². The molecule has 1 amide bonds. The van der Waals surface area contributed by atoms with Crippen LogP contribution in [0.1, 0.15) is 76.2 Å². The number of halogens is 1. The second kappa shape index (κ2) is 9.06. The molecule has 1 unspecified atom stereocenters. The summed E-state index contributed by atoms with van der Waals surface area (Å²) in [6.45, 7) is 3.52. The molecule has 5 aliphatic rings. The summed E-state index contributed by atoms with van der Waals surface area (Å²) in [5.41, 5.74) is 2.20. The van der Waals surface area contributed by atoms with E-state index in [1.807, 2.05) is 0 Å². The van der Waals surface area contributed by atoms with Crippen molar-refractivity contribution in [2.45, 2.75) is 82.1 Å². The quantitative estimate of drug-likeness (QED) is 0.564. The van der Waals surface area contributed by atoms with E-state index >= 15 is 0 Å². The van der Waals surface area contributed by atoms with Crippen LogP contribution in [0.2, 0.25) is 0 Å². The zero-order valence-electron chi connectivity index (χ0n) is 19.0. The van der Waals surface area contributed by atoms with Crippen molar-refractivity contribution in [2.75, 3.05) is 25.5 Å². The van der Waals surface area contributed by atoms with Crippen LogP contribution in [-0.2, 0) is 10.2 Å². The van der Waals surface area contributed by atoms with Crippen molar-refractivity contribution in [1.82, 2.24) is 10.2 Å². The highest BCUT2D eigenvalue weighted by molar-refractivity contribution is 6.17. The molecule has 3 nitrogen and oxygen atoms in total. The van der Waals surface area contributed by atoms with Crippen molar-refractivity contribution in [3.05, 3.63) is 35.9 Å². The van der Waals surface area contributed by atoms with Crippen LogP contribution in [0.4, 0.5) is 0 Å². The van der Waals surface area contributed by atoms with E-state index in [0.717, 1.165) is 25.3 Å². The molecule has 3 saturated heterocycles. The molecule has 3 heterocycles. The molecule has 4 atom stereocenters. The number of alkyl halides is 1. The molecule has 1 aromatic rings. The van der Waals surface area contributed by atoms with Gasteiger partial charge in [-0.1, -0.05) is 36.8 Å². The number of amides is 1. The van der Waals surface area contributed by atoms with Gasteiger partial charge in [-0.25, -0.2) is 0 Å². The van der Waals surface area contributed by atoms with Crippen LogP contribution in [0, 0.1) is 17.3 Å². The summed E-state index contributed by atoms with van der Waals surface area (Å²) in [5, 5.41) is 3.41. The first kappa shape index (κ1) is 21.8. The van der Waals surface area contributed by atoms with E-state index in [0.29, 0.717) is 35.1 Å². The number of nitrogens with one attached hydrogen (secondary N) is 1. The summed E-state index contributed by atoms with van der Waals surface area (Å²) < 4.78 is 0. The number of hydrogen-bond donors (Lipinski definition) is 1. The van der Waals surface area contributed by atoms with Crippen LogP contribution >= 0.6 is 11.6 Å². The van der Waals surface area contributed by atoms with E-state index in [4.69, 9.17) is 11.6 Å². The van der Waals surface area contributed by atoms with Gasteiger partial charge in [0.25, 0.3) is 0 Å². The number of benzene rings is 1. The summed E-state index contributed by atoms with van der Waals surface area (Å²) in [5.74, 6) is 2.39. The Bertz CT molecular complexity index is 758. The fraction of sp³-hybridized carbons (Fsp3) is 0.741. The van der Waals surface area contributed by atoms with Crippen molar-refractivity contribution in [3.8, 4) is 0 Å². The van der Waals surface area contributed by atoms with Crippen molar-refractivity contribution in [1.29, 1.82) is 0 Å². The lowest BCUT2D eigenvalue weighted by molar-refractivity contribution is -0.123. The normalized spacial score (nSPS) is 39.3. The monoisotopic (exact) mass is 442 g/mol. The van der Waals surface area contributed by atoms with Crippen LogP contribution in [0.15, 0.2) is 30.3 Å². The van der Waals surface area contributed by atoms with E-state index in [1.54, 1.807) is 0 Å². The first-order chi connectivity index (χ1) is 15.1. The molecular formula is C27H39ClN2O. The topological polar surface area (TPSA) is 32.3 Å². The molecule has 1 aromatic carbocycles. The van der Waals surface area contributed by atoms with Crippen molar-refractivity contribution < 1.29 is 4.79 Å². The van der Waals surface area contributed by atoms with Crippen LogP contribution in [0.3, 0.4) is 0 Å². The Kier molecular flexibility index (Phi) is 6.36. The van der Waals surface area contributed by atoms with E-state index in [1.165, 1.54) is 70.0 Å². The van der Waals surface area contributed by atoms with Crippen molar-refractivity contribution in [2.24, 2.45) is 17.3 Å². The molecule has 0 aromatic heterocycles. The molecular weight excluding hydrogens is 404 g/mol. The van der Waals surface area contributed by atoms with Crippen LogP contribution in [0.25, 0.3) is 0 Å². The molecule has 5 fully saturated rings. The highest BCUT2D eigenvalue weighted by Gasteiger charge is 2.51. The Hall–Kier alpha value is -1.06. The zero-order valence-corrected chi connectivity index (χ0v) is 19.7. The van der Waals surface area contributed by atoms with E-state index < -0.39 is 0 Å². The van der Waals surface area contributed by atoms with Crippen molar-refractivity contribution >= 4 is 17.5 Å². The van der Waals surface area contributed by atoms with E-state index in [9.17, 15) is 4.79 Å². The average molecular weight is 443 g/mol. The Morgan fingerprint density at radius 3 is 2.65 bits per heavy atom. The first-order valence-electron chi connectivity index (χ1n) is 12.7. The maximum absolute atomic E-state index is 12.9. The average Bonchev–Trinajstić information content (AvgIpc) is 2.79. The molecule has 0 radical (unpaired) electrons. The van der Waals surface area contributed by atoms with Crippen LogP contribution in [-0.4, -0.2) is 42.4 Å². The smallest absolute Gasteiger partial charge is 0.220 e. The number of fused-ring (bicyclic) bond motifs is 5. The van der Waals surface area contributed by atoms with E-state index in [-0.39, 0.29) is 5.91 Å². The number of nitrogens with zero attached hydrogens (tertiary/aromatic N) is 1. The fourth-order valence-electron chi connectivity index (χ4n) is 7.90. The number of piperidine rings is 3. The zero-order chi connectivity index (χ0) is 21.3. The number of carbonyl (C=O) groups excluding carboxylic acids is 1. The lowest BCUT2D eigenvalue weighted by atomic mass is 9.49.